The SMILES string of the molecule is CCCCCCCCCCCCCCCCCCC(=O)OCCCCCCCCCCCCCC(=O)NC(CO)C(O)CCCCCCCCCCCCCCC. The Hall–Kier alpha value is -1.14. The first kappa shape index (κ1) is 55.9. The molecule has 0 spiro atoms. The van der Waals surface area contributed by atoms with E-state index >= 15 is 0 Å². The van der Waals surface area contributed by atoms with Crippen LogP contribution in [0.5, 0.6) is 0 Å². The average molecular weight is 808 g/mol. The number of ether oxygens (including phenoxy) is 1. The summed E-state index contributed by atoms with van der Waals surface area (Å²) in [7, 11) is 0. The van der Waals surface area contributed by atoms with E-state index < -0.39 is 12.1 Å². The zero-order valence-corrected chi connectivity index (χ0v) is 38.6. The van der Waals surface area contributed by atoms with E-state index in [-0.39, 0.29) is 18.5 Å². The maximum atomic E-state index is 12.4. The van der Waals surface area contributed by atoms with E-state index in [4.69, 9.17) is 4.74 Å². The topological polar surface area (TPSA) is 95.9 Å². The maximum absolute atomic E-state index is 12.4. The molecule has 0 aromatic rings. The molecule has 2 unspecified atom stereocenters. The molecule has 0 saturated heterocycles. The molecular weight excluding hydrogens is 707 g/mol. The lowest BCUT2D eigenvalue weighted by Crippen LogP contribution is -2.45. The molecule has 0 aliphatic carbocycles. The van der Waals surface area contributed by atoms with Crippen molar-refractivity contribution in [3.8, 4) is 0 Å². The van der Waals surface area contributed by atoms with Crippen LogP contribution < -0.4 is 5.32 Å². The third-order valence-corrected chi connectivity index (χ3v) is 12.2. The van der Waals surface area contributed by atoms with Crippen molar-refractivity contribution in [3.63, 3.8) is 0 Å². The highest BCUT2D eigenvalue weighted by Crippen LogP contribution is 2.17. The van der Waals surface area contributed by atoms with Gasteiger partial charge in [-0.3, -0.25) is 9.59 Å². The fourth-order valence-corrected chi connectivity index (χ4v) is 8.17. The number of carbonyl (C=O) groups is 2. The second-order valence-corrected chi connectivity index (χ2v) is 17.9. The Morgan fingerprint density at radius 3 is 1.07 bits per heavy atom. The molecule has 57 heavy (non-hydrogen) atoms. The molecule has 0 aromatic heterocycles. The molecule has 6 nitrogen and oxygen atoms in total. The lowest BCUT2D eigenvalue weighted by Gasteiger charge is -2.22. The highest BCUT2D eigenvalue weighted by Gasteiger charge is 2.20. The summed E-state index contributed by atoms with van der Waals surface area (Å²) in [5.74, 6) is -0.0619. The first-order valence-electron chi connectivity index (χ1n) is 25.8. The normalized spacial score (nSPS) is 12.6. The number of hydrogen-bond donors (Lipinski definition) is 3. The number of amides is 1. The van der Waals surface area contributed by atoms with E-state index in [9.17, 15) is 19.8 Å². The summed E-state index contributed by atoms with van der Waals surface area (Å²) < 4.78 is 5.47. The van der Waals surface area contributed by atoms with E-state index in [2.05, 4.69) is 19.2 Å². The lowest BCUT2D eigenvalue weighted by atomic mass is 10.0. The lowest BCUT2D eigenvalue weighted by molar-refractivity contribution is -0.143. The van der Waals surface area contributed by atoms with Gasteiger partial charge < -0.3 is 20.3 Å². The van der Waals surface area contributed by atoms with Crippen molar-refractivity contribution in [3.05, 3.63) is 0 Å². The quantitative estimate of drug-likeness (QED) is 0.0420. The molecule has 1 amide bonds. The third kappa shape index (κ3) is 44.2. The number of hydrogen-bond acceptors (Lipinski definition) is 5. The summed E-state index contributed by atoms with van der Waals surface area (Å²) in [6, 6.07) is -0.553. The molecular formula is C51H101NO5. The second-order valence-electron chi connectivity index (χ2n) is 17.9. The molecule has 0 rings (SSSR count). The van der Waals surface area contributed by atoms with Gasteiger partial charge in [0.05, 0.1) is 25.4 Å². The number of unbranched alkanes of at least 4 members (excludes halogenated alkanes) is 37. The van der Waals surface area contributed by atoms with Crippen molar-refractivity contribution in [2.75, 3.05) is 13.2 Å². The summed E-state index contributed by atoms with van der Waals surface area (Å²) >= 11 is 0. The van der Waals surface area contributed by atoms with Gasteiger partial charge in [-0.1, -0.05) is 251 Å². The molecule has 0 radical (unpaired) electrons. The number of carbonyl (C=O) groups excluding carboxylic acids is 2. The molecule has 0 heterocycles. The van der Waals surface area contributed by atoms with Crippen LogP contribution in [0.15, 0.2) is 0 Å². The van der Waals surface area contributed by atoms with Crippen molar-refractivity contribution >= 4 is 11.9 Å². The average Bonchev–Trinajstić information content (AvgIpc) is 3.21. The van der Waals surface area contributed by atoms with Crippen LogP contribution in [0.3, 0.4) is 0 Å². The fraction of sp³-hybridized carbons (Fsp3) is 0.961. The number of aliphatic hydroxyl groups excluding tert-OH is 2. The molecule has 0 aromatic carbocycles. The summed E-state index contributed by atoms with van der Waals surface area (Å²) in [6.07, 6.45) is 52.1. The van der Waals surface area contributed by atoms with Crippen molar-refractivity contribution in [1.29, 1.82) is 0 Å². The zero-order chi connectivity index (χ0) is 41.5. The minimum Gasteiger partial charge on any atom is -0.466 e. The molecule has 0 aliphatic heterocycles. The minimum atomic E-state index is -0.674. The van der Waals surface area contributed by atoms with Gasteiger partial charge in [0.1, 0.15) is 0 Å². The van der Waals surface area contributed by atoms with Crippen LogP contribution in [0.25, 0.3) is 0 Å². The molecule has 0 aliphatic rings. The summed E-state index contributed by atoms with van der Waals surface area (Å²) in [5.41, 5.74) is 0. The first-order chi connectivity index (χ1) is 28.0. The highest BCUT2D eigenvalue weighted by atomic mass is 16.5. The monoisotopic (exact) mass is 808 g/mol. The van der Waals surface area contributed by atoms with Crippen LogP contribution >= 0.6 is 0 Å². The largest absolute Gasteiger partial charge is 0.466 e. The van der Waals surface area contributed by atoms with Crippen molar-refractivity contribution in [2.45, 2.75) is 302 Å². The smallest absolute Gasteiger partial charge is 0.305 e. The Balaban J connectivity index is 3.43. The van der Waals surface area contributed by atoms with Crippen molar-refractivity contribution < 1.29 is 24.5 Å². The van der Waals surface area contributed by atoms with Gasteiger partial charge in [0.2, 0.25) is 5.91 Å². The molecule has 0 fully saturated rings. The Bertz CT molecular complexity index is 806. The van der Waals surface area contributed by atoms with Gasteiger partial charge in [-0.2, -0.15) is 0 Å². The van der Waals surface area contributed by atoms with Gasteiger partial charge in [0, 0.05) is 12.8 Å². The zero-order valence-electron chi connectivity index (χ0n) is 38.6. The summed E-state index contributed by atoms with van der Waals surface area (Å²) in [5, 5.41) is 23.2. The van der Waals surface area contributed by atoms with Crippen molar-refractivity contribution in [2.24, 2.45) is 0 Å². The molecule has 2 atom stereocenters. The van der Waals surface area contributed by atoms with Gasteiger partial charge in [-0.15, -0.1) is 0 Å². The standard InChI is InChI=1S/C51H101NO5/c1-3-5-7-9-11-13-15-17-18-19-21-25-29-33-37-41-45-51(56)57-46-42-38-34-30-26-22-24-28-32-36-40-44-50(55)52-48(47-53)49(54)43-39-35-31-27-23-20-16-14-12-10-8-6-4-2/h48-49,53-54H,3-47H2,1-2H3,(H,52,55). The Labute approximate surface area is 356 Å². The van der Waals surface area contributed by atoms with Gasteiger partial charge in [-0.05, 0) is 25.7 Å². The number of esters is 1. The van der Waals surface area contributed by atoms with E-state index in [1.165, 1.54) is 199 Å². The number of aliphatic hydroxyl groups is 2. The third-order valence-electron chi connectivity index (χ3n) is 12.2. The predicted octanol–water partition coefficient (Wildman–Crippen LogP) is 15.2. The van der Waals surface area contributed by atoms with E-state index in [0.717, 1.165) is 57.8 Å². The van der Waals surface area contributed by atoms with Gasteiger partial charge in [0.25, 0.3) is 0 Å². The summed E-state index contributed by atoms with van der Waals surface area (Å²) in [4.78, 5) is 24.5. The van der Waals surface area contributed by atoms with E-state index in [0.29, 0.717) is 25.9 Å². The summed E-state index contributed by atoms with van der Waals surface area (Å²) in [6.45, 7) is 4.92. The van der Waals surface area contributed by atoms with E-state index in [1.807, 2.05) is 0 Å². The van der Waals surface area contributed by atoms with Crippen LogP contribution in [0.4, 0.5) is 0 Å². The fourth-order valence-electron chi connectivity index (χ4n) is 8.17. The Morgan fingerprint density at radius 1 is 0.421 bits per heavy atom. The van der Waals surface area contributed by atoms with E-state index in [1.54, 1.807) is 0 Å². The molecule has 0 bridgehead atoms. The maximum Gasteiger partial charge on any atom is 0.305 e. The van der Waals surface area contributed by atoms with Gasteiger partial charge in [-0.25, -0.2) is 0 Å². The number of nitrogens with one attached hydrogen (secondary N) is 1. The molecule has 0 saturated carbocycles. The predicted molar refractivity (Wildman–Crippen MR) is 246 cm³/mol. The minimum absolute atomic E-state index is 0.00968. The van der Waals surface area contributed by atoms with Crippen LogP contribution in [0, 0.1) is 0 Å². The molecule has 6 heteroatoms. The van der Waals surface area contributed by atoms with Gasteiger partial charge >= 0.3 is 5.97 Å². The van der Waals surface area contributed by atoms with Gasteiger partial charge in [0.15, 0.2) is 0 Å². The number of rotatable bonds is 48. The van der Waals surface area contributed by atoms with Crippen LogP contribution in [-0.4, -0.2) is 47.4 Å². The first-order valence-corrected chi connectivity index (χ1v) is 25.8. The van der Waals surface area contributed by atoms with Crippen LogP contribution in [0.2, 0.25) is 0 Å². The van der Waals surface area contributed by atoms with Crippen molar-refractivity contribution in [1.82, 2.24) is 5.32 Å². The molecule has 340 valence electrons. The van der Waals surface area contributed by atoms with Crippen LogP contribution in [0.1, 0.15) is 290 Å². The van der Waals surface area contributed by atoms with Crippen LogP contribution in [-0.2, 0) is 14.3 Å². The highest BCUT2D eigenvalue weighted by molar-refractivity contribution is 5.76. The Kier molecular flexibility index (Phi) is 46.6. The molecule has 3 N–H and O–H groups in total. The Morgan fingerprint density at radius 2 is 0.719 bits per heavy atom. The second kappa shape index (κ2) is 47.5.